The third-order valence-corrected chi connectivity index (χ3v) is 2.65. The van der Waals surface area contributed by atoms with E-state index in [1.165, 1.54) is 11.1 Å². The molecule has 96 valence electrons. The normalized spacial score (nSPS) is 13.0. The molecule has 1 rings (SSSR count). The van der Waals surface area contributed by atoms with E-state index in [0.717, 1.165) is 19.6 Å². The number of rotatable bonds is 7. The van der Waals surface area contributed by atoms with Crippen LogP contribution in [-0.4, -0.2) is 19.2 Å². The zero-order chi connectivity index (χ0) is 12.7. The van der Waals surface area contributed by atoms with Crippen LogP contribution < -0.4 is 5.32 Å². The molecule has 1 aromatic rings. The van der Waals surface area contributed by atoms with Gasteiger partial charge in [0.05, 0.1) is 6.10 Å². The van der Waals surface area contributed by atoms with E-state index in [2.05, 4.69) is 57.3 Å². The van der Waals surface area contributed by atoms with Gasteiger partial charge in [0.25, 0.3) is 0 Å². The largest absolute Gasteiger partial charge is 0.372 e. The zero-order valence-corrected chi connectivity index (χ0v) is 11.5. The fraction of sp³-hybridized carbons (Fsp3) is 0.600. The monoisotopic (exact) mass is 235 g/mol. The Balaban J connectivity index is 2.67. The van der Waals surface area contributed by atoms with Crippen molar-refractivity contribution in [3.05, 3.63) is 35.4 Å². The predicted octanol–water partition coefficient (Wildman–Crippen LogP) is 3.46. The second-order valence-electron chi connectivity index (χ2n) is 4.84. The van der Waals surface area contributed by atoms with Crippen molar-refractivity contribution in [3.8, 4) is 0 Å². The highest BCUT2D eigenvalue weighted by Gasteiger charge is 2.12. The smallest absolute Gasteiger partial charge is 0.0949 e. The molecule has 0 bridgehead atoms. The average molecular weight is 235 g/mol. The molecular formula is C15H25NO. The lowest BCUT2D eigenvalue weighted by molar-refractivity contribution is 0.0517. The Morgan fingerprint density at radius 2 is 2.06 bits per heavy atom. The van der Waals surface area contributed by atoms with Gasteiger partial charge in [0.1, 0.15) is 0 Å². The van der Waals surface area contributed by atoms with Crippen molar-refractivity contribution in [1.82, 2.24) is 5.32 Å². The number of ether oxygens (including phenoxy) is 1. The van der Waals surface area contributed by atoms with Gasteiger partial charge in [0.15, 0.2) is 0 Å². The summed E-state index contributed by atoms with van der Waals surface area (Å²) < 4.78 is 5.92. The Bertz CT molecular complexity index is 322. The Morgan fingerprint density at radius 1 is 1.29 bits per heavy atom. The maximum absolute atomic E-state index is 5.92. The van der Waals surface area contributed by atoms with E-state index < -0.39 is 0 Å². The molecule has 0 saturated heterocycles. The van der Waals surface area contributed by atoms with E-state index in [1.54, 1.807) is 0 Å². The van der Waals surface area contributed by atoms with Crippen molar-refractivity contribution in [1.29, 1.82) is 0 Å². The molecule has 0 aliphatic carbocycles. The standard InChI is InChI=1S/C15H25NO/c1-5-9-17-15(11-16-12(2)3)14-8-6-7-13(4)10-14/h6-8,10,12,15-16H,5,9,11H2,1-4H3. The molecule has 1 unspecified atom stereocenters. The van der Waals surface area contributed by atoms with Crippen LogP contribution in [-0.2, 0) is 4.74 Å². The summed E-state index contributed by atoms with van der Waals surface area (Å²) >= 11 is 0. The first-order chi connectivity index (χ1) is 8.13. The number of nitrogens with one attached hydrogen (secondary N) is 1. The molecule has 0 radical (unpaired) electrons. The molecule has 0 amide bonds. The molecule has 1 N–H and O–H groups in total. The Morgan fingerprint density at radius 3 is 2.65 bits per heavy atom. The molecule has 0 aliphatic rings. The molecule has 17 heavy (non-hydrogen) atoms. The van der Waals surface area contributed by atoms with Gasteiger partial charge in [-0.25, -0.2) is 0 Å². The van der Waals surface area contributed by atoms with E-state index >= 15 is 0 Å². The van der Waals surface area contributed by atoms with E-state index in [9.17, 15) is 0 Å². The van der Waals surface area contributed by atoms with Gasteiger partial charge in [-0.05, 0) is 18.9 Å². The minimum atomic E-state index is 0.164. The summed E-state index contributed by atoms with van der Waals surface area (Å²) in [5, 5.41) is 3.45. The van der Waals surface area contributed by atoms with Gasteiger partial charge in [0.2, 0.25) is 0 Å². The fourth-order valence-electron chi connectivity index (χ4n) is 1.75. The van der Waals surface area contributed by atoms with Crippen LogP contribution in [0.1, 0.15) is 44.4 Å². The Hall–Kier alpha value is -0.860. The molecule has 0 saturated carbocycles. The van der Waals surface area contributed by atoms with Crippen molar-refractivity contribution < 1.29 is 4.74 Å². The van der Waals surface area contributed by atoms with Crippen LogP contribution in [0.15, 0.2) is 24.3 Å². The molecule has 2 nitrogen and oxygen atoms in total. The van der Waals surface area contributed by atoms with Gasteiger partial charge in [-0.15, -0.1) is 0 Å². The van der Waals surface area contributed by atoms with Gasteiger partial charge in [-0.2, -0.15) is 0 Å². The highest BCUT2D eigenvalue weighted by molar-refractivity contribution is 5.24. The van der Waals surface area contributed by atoms with E-state index in [4.69, 9.17) is 4.74 Å². The van der Waals surface area contributed by atoms with Gasteiger partial charge in [-0.1, -0.05) is 50.6 Å². The first kappa shape index (κ1) is 14.2. The lowest BCUT2D eigenvalue weighted by Gasteiger charge is -2.20. The summed E-state index contributed by atoms with van der Waals surface area (Å²) in [7, 11) is 0. The van der Waals surface area contributed by atoms with Gasteiger partial charge in [0, 0.05) is 19.2 Å². The summed E-state index contributed by atoms with van der Waals surface area (Å²) in [5.74, 6) is 0. The Kier molecular flexibility index (Phi) is 6.23. The van der Waals surface area contributed by atoms with Crippen molar-refractivity contribution in [2.45, 2.75) is 46.3 Å². The maximum Gasteiger partial charge on any atom is 0.0949 e. The quantitative estimate of drug-likeness (QED) is 0.781. The average Bonchev–Trinajstić information content (AvgIpc) is 2.29. The van der Waals surface area contributed by atoms with Crippen molar-refractivity contribution in [2.75, 3.05) is 13.2 Å². The van der Waals surface area contributed by atoms with Gasteiger partial charge >= 0.3 is 0 Å². The fourth-order valence-corrected chi connectivity index (χ4v) is 1.75. The molecule has 1 atom stereocenters. The number of aryl methyl sites for hydroxylation is 1. The van der Waals surface area contributed by atoms with E-state index in [-0.39, 0.29) is 6.10 Å². The molecule has 2 heteroatoms. The van der Waals surface area contributed by atoms with E-state index in [0.29, 0.717) is 6.04 Å². The summed E-state index contributed by atoms with van der Waals surface area (Å²) in [6, 6.07) is 9.07. The first-order valence-electron chi connectivity index (χ1n) is 6.55. The molecule has 1 aromatic carbocycles. The van der Waals surface area contributed by atoms with Crippen LogP contribution in [0.5, 0.6) is 0 Å². The highest BCUT2D eigenvalue weighted by atomic mass is 16.5. The second kappa shape index (κ2) is 7.46. The predicted molar refractivity (Wildman–Crippen MR) is 73.3 cm³/mol. The molecule has 0 spiro atoms. The lowest BCUT2D eigenvalue weighted by Crippen LogP contribution is -2.29. The maximum atomic E-state index is 5.92. The molecule has 0 aromatic heterocycles. The first-order valence-corrected chi connectivity index (χ1v) is 6.55. The highest BCUT2D eigenvalue weighted by Crippen LogP contribution is 2.18. The topological polar surface area (TPSA) is 21.3 Å². The van der Waals surface area contributed by atoms with Crippen LogP contribution in [0, 0.1) is 6.92 Å². The van der Waals surface area contributed by atoms with Crippen molar-refractivity contribution in [2.24, 2.45) is 0 Å². The minimum Gasteiger partial charge on any atom is -0.372 e. The number of hydrogen-bond acceptors (Lipinski definition) is 2. The lowest BCUT2D eigenvalue weighted by atomic mass is 10.1. The molecule has 0 aliphatic heterocycles. The summed E-state index contributed by atoms with van der Waals surface area (Å²) in [6.45, 7) is 10.3. The van der Waals surface area contributed by atoms with Crippen LogP contribution in [0.3, 0.4) is 0 Å². The van der Waals surface area contributed by atoms with Crippen LogP contribution >= 0.6 is 0 Å². The minimum absolute atomic E-state index is 0.164. The third kappa shape index (κ3) is 5.33. The van der Waals surface area contributed by atoms with Crippen LogP contribution in [0.25, 0.3) is 0 Å². The number of hydrogen-bond donors (Lipinski definition) is 1. The second-order valence-corrected chi connectivity index (χ2v) is 4.84. The Labute approximate surface area is 105 Å². The van der Waals surface area contributed by atoms with Gasteiger partial charge in [-0.3, -0.25) is 0 Å². The summed E-state index contributed by atoms with van der Waals surface area (Å²) in [5.41, 5.74) is 2.56. The SMILES string of the molecule is CCCOC(CNC(C)C)c1cccc(C)c1. The zero-order valence-electron chi connectivity index (χ0n) is 11.5. The van der Waals surface area contributed by atoms with Crippen molar-refractivity contribution in [3.63, 3.8) is 0 Å². The van der Waals surface area contributed by atoms with Crippen LogP contribution in [0.2, 0.25) is 0 Å². The van der Waals surface area contributed by atoms with Crippen LogP contribution in [0.4, 0.5) is 0 Å². The van der Waals surface area contributed by atoms with Crippen molar-refractivity contribution >= 4 is 0 Å². The molecule has 0 heterocycles. The molecule has 0 fully saturated rings. The number of benzene rings is 1. The van der Waals surface area contributed by atoms with E-state index in [1.807, 2.05) is 0 Å². The molecular weight excluding hydrogens is 210 g/mol. The summed E-state index contributed by atoms with van der Waals surface area (Å²) in [6.07, 6.45) is 1.22. The van der Waals surface area contributed by atoms with Gasteiger partial charge < -0.3 is 10.1 Å². The third-order valence-electron chi connectivity index (χ3n) is 2.65. The summed E-state index contributed by atoms with van der Waals surface area (Å²) in [4.78, 5) is 0.